The summed E-state index contributed by atoms with van der Waals surface area (Å²) >= 11 is 0. The maximum absolute atomic E-state index is 13.1. The second-order valence-electron chi connectivity index (χ2n) is 28.5. The summed E-state index contributed by atoms with van der Waals surface area (Å²) in [5, 5.41) is 10.6. The number of hydrogen-bond acceptors (Lipinski definition) is 15. The third kappa shape index (κ3) is 70.6. The molecule has 0 spiro atoms. The minimum absolute atomic E-state index is 0.102. The second kappa shape index (κ2) is 70.2. The molecule has 0 aliphatic carbocycles. The van der Waals surface area contributed by atoms with E-state index < -0.39 is 97.5 Å². The fourth-order valence-corrected chi connectivity index (χ4v) is 13.2. The maximum Gasteiger partial charge on any atom is 0.472 e. The molecule has 17 nitrogen and oxygen atoms in total. The first-order valence-electron chi connectivity index (χ1n) is 40.3. The van der Waals surface area contributed by atoms with Crippen LogP contribution in [-0.4, -0.2) is 96.7 Å². The van der Waals surface area contributed by atoms with Crippen LogP contribution in [0.2, 0.25) is 0 Å². The van der Waals surface area contributed by atoms with E-state index >= 15 is 0 Å². The number of carbonyl (C=O) groups is 4. The van der Waals surface area contributed by atoms with E-state index in [1.54, 1.807) is 0 Å². The zero-order valence-corrected chi connectivity index (χ0v) is 65.4. The van der Waals surface area contributed by atoms with Crippen LogP contribution >= 0.6 is 15.6 Å². The minimum Gasteiger partial charge on any atom is -0.462 e. The van der Waals surface area contributed by atoms with Crippen LogP contribution in [0.3, 0.4) is 0 Å². The van der Waals surface area contributed by atoms with Crippen molar-refractivity contribution in [2.24, 2.45) is 11.8 Å². The lowest BCUT2D eigenvalue weighted by Gasteiger charge is -2.21. The number of allylic oxidation sites excluding steroid dienone is 4. The van der Waals surface area contributed by atoms with Crippen LogP contribution in [0, 0.1) is 11.8 Å². The van der Waals surface area contributed by atoms with E-state index in [2.05, 4.69) is 65.8 Å². The lowest BCUT2D eigenvalue weighted by Crippen LogP contribution is -2.30. The summed E-state index contributed by atoms with van der Waals surface area (Å²) in [5.74, 6) is -0.653. The molecular weight excluding hydrogens is 1280 g/mol. The van der Waals surface area contributed by atoms with E-state index in [0.717, 1.165) is 121 Å². The number of unbranched alkanes of at least 4 members (excludes halogenated alkanes) is 42. The first kappa shape index (κ1) is 95.5. The second-order valence-corrected chi connectivity index (χ2v) is 31.4. The molecule has 0 aromatic heterocycles. The Morgan fingerprint density at radius 3 is 0.918 bits per heavy atom. The standard InChI is InChI=1S/C79H150O17P2/c1-7-10-12-14-16-18-20-22-24-25-26-27-28-30-32-34-36-45-51-57-63-78(83)95-74(67-89-76(81)61-55-49-43-35-33-31-29-23-21-19-17-15-13-11-8-2)69-93-97(85,86)91-65-73(80)66-92-98(87,88)94-70-75(68-90-77(82)62-56-50-44-39-37-41-47-53-59-71(4)5)96-79(84)64-58-52-46-40-38-42-48-54-60-72(6)9-3/h19,21,23,29,71-75,80H,7-18,20,22,24-28,30-70H2,1-6H3,(H,85,86)(H,87,88)/b21-19-,29-23-/t72?,73-,74-,75-/m1/s1. The number of hydrogen-bond donors (Lipinski definition) is 3. The molecule has 0 amide bonds. The Kier molecular flexibility index (Phi) is 68.5. The molecule has 98 heavy (non-hydrogen) atoms. The van der Waals surface area contributed by atoms with Gasteiger partial charge in [-0.15, -0.1) is 0 Å². The van der Waals surface area contributed by atoms with Gasteiger partial charge in [-0.3, -0.25) is 37.3 Å². The summed E-state index contributed by atoms with van der Waals surface area (Å²) in [6.07, 6.45) is 61.9. The first-order chi connectivity index (χ1) is 47.4. The van der Waals surface area contributed by atoms with Gasteiger partial charge in [0.25, 0.3) is 0 Å². The Morgan fingerprint density at radius 2 is 0.602 bits per heavy atom. The summed E-state index contributed by atoms with van der Waals surface area (Å²) in [4.78, 5) is 72.9. The summed E-state index contributed by atoms with van der Waals surface area (Å²) < 4.78 is 68.6. The summed E-state index contributed by atoms with van der Waals surface area (Å²) in [6, 6.07) is 0. The minimum atomic E-state index is -4.97. The highest BCUT2D eigenvalue weighted by atomic mass is 31.2. The molecule has 0 radical (unpaired) electrons. The molecule has 6 atom stereocenters. The van der Waals surface area contributed by atoms with Gasteiger partial charge in [-0.25, -0.2) is 9.13 Å². The molecule has 0 aliphatic rings. The molecule has 0 fully saturated rings. The quantitative estimate of drug-likeness (QED) is 0.0169. The number of phosphoric acid groups is 2. The van der Waals surface area contributed by atoms with Gasteiger partial charge in [0.15, 0.2) is 12.2 Å². The third-order valence-corrected chi connectivity index (χ3v) is 20.1. The van der Waals surface area contributed by atoms with Gasteiger partial charge >= 0.3 is 39.5 Å². The highest BCUT2D eigenvalue weighted by Crippen LogP contribution is 2.45. The van der Waals surface area contributed by atoms with Crippen molar-refractivity contribution < 1.29 is 80.2 Å². The van der Waals surface area contributed by atoms with Gasteiger partial charge in [0, 0.05) is 25.7 Å². The van der Waals surface area contributed by atoms with Crippen molar-refractivity contribution in [3.8, 4) is 0 Å². The zero-order chi connectivity index (χ0) is 72.1. The van der Waals surface area contributed by atoms with Crippen LogP contribution < -0.4 is 0 Å². The Bertz CT molecular complexity index is 1990. The average molecular weight is 1430 g/mol. The number of esters is 4. The molecule has 0 aromatic carbocycles. The van der Waals surface area contributed by atoms with Crippen LogP contribution in [0.25, 0.3) is 0 Å². The van der Waals surface area contributed by atoms with E-state index in [9.17, 15) is 43.2 Å². The van der Waals surface area contributed by atoms with Gasteiger partial charge in [-0.2, -0.15) is 0 Å². The van der Waals surface area contributed by atoms with Crippen molar-refractivity contribution in [3.05, 3.63) is 24.3 Å². The SMILES string of the molecule is CCCCCC/C=C\C=C/CCCCCCCC(=O)OC[C@H](COP(=O)(O)OC[C@@H](O)COP(=O)(O)OC[C@@H](COC(=O)CCCCCCCCCCC(C)C)OC(=O)CCCCCCCCCCC(C)CC)OC(=O)CCCCCCCCCCCCCCCCCCCCCC. The van der Waals surface area contributed by atoms with Gasteiger partial charge in [0.2, 0.25) is 0 Å². The van der Waals surface area contributed by atoms with Crippen molar-refractivity contribution in [3.63, 3.8) is 0 Å². The number of rotatable bonds is 76. The van der Waals surface area contributed by atoms with Crippen LogP contribution in [0.5, 0.6) is 0 Å². The van der Waals surface area contributed by atoms with Crippen molar-refractivity contribution >= 4 is 39.5 Å². The molecule has 0 rings (SSSR count). The Balaban J connectivity index is 5.27. The van der Waals surface area contributed by atoms with Crippen molar-refractivity contribution in [2.75, 3.05) is 39.6 Å². The molecule has 0 saturated heterocycles. The van der Waals surface area contributed by atoms with E-state index in [-0.39, 0.29) is 25.7 Å². The smallest absolute Gasteiger partial charge is 0.462 e. The van der Waals surface area contributed by atoms with Gasteiger partial charge in [-0.05, 0) is 63.2 Å². The Morgan fingerprint density at radius 1 is 0.337 bits per heavy atom. The fraction of sp³-hybridized carbons (Fsp3) is 0.899. The third-order valence-electron chi connectivity index (χ3n) is 18.2. The molecule has 3 N–H and O–H groups in total. The van der Waals surface area contributed by atoms with Gasteiger partial charge in [0.1, 0.15) is 19.3 Å². The normalized spacial score (nSPS) is 14.4. The number of aliphatic hydroxyl groups excluding tert-OH is 1. The Labute approximate surface area is 599 Å². The van der Waals surface area contributed by atoms with Crippen molar-refractivity contribution in [1.82, 2.24) is 0 Å². The molecule has 3 unspecified atom stereocenters. The summed E-state index contributed by atoms with van der Waals surface area (Å²) in [6.45, 7) is 9.50. The van der Waals surface area contributed by atoms with E-state index in [4.69, 9.17) is 37.0 Å². The topological polar surface area (TPSA) is 237 Å². The molecule has 19 heteroatoms. The van der Waals surface area contributed by atoms with Crippen LogP contribution in [0.1, 0.15) is 388 Å². The van der Waals surface area contributed by atoms with Crippen molar-refractivity contribution in [1.29, 1.82) is 0 Å². The van der Waals surface area contributed by atoms with Crippen molar-refractivity contribution in [2.45, 2.75) is 407 Å². The van der Waals surface area contributed by atoms with Gasteiger partial charge in [-0.1, -0.05) is 336 Å². The maximum atomic E-state index is 13.1. The predicted octanol–water partition coefficient (Wildman–Crippen LogP) is 23.1. The van der Waals surface area contributed by atoms with E-state index in [0.29, 0.717) is 25.7 Å². The highest BCUT2D eigenvalue weighted by molar-refractivity contribution is 7.47. The Hall–Kier alpha value is -2.46. The molecule has 0 bridgehead atoms. The van der Waals surface area contributed by atoms with E-state index in [1.807, 2.05) is 0 Å². The molecular formula is C79H150O17P2. The van der Waals surface area contributed by atoms with Gasteiger partial charge in [0.05, 0.1) is 26.4 Å². The van der Waals surface area contributed by atoms with Crippen LogP contribution in [-0.2, 0) is 65.4 Å². The molecule has 578 valence electrons. The van der Waals surface area contributed by atoms with Gasteiger partial charge < -0.3 is 33.8 Å². The lowest BCUT2D eigenvalue weighted by atomic mass is 9.99. The number of phosphoric ester groups is 2. The fourth-order valence-electron chi connectivity index (χ4n) is 11.6. The van der Waals surface area contributed by atoms with Crippen LogP contribution in [0.15, 0.2) is 24.3 Å². The lowest BCUT2D eigenvalue weighted by molar-refractivity contribution is -0.161. The largest absolute Gasteiger partial charge is 0.472 e. The molecule has 0 heterocycles. The average Bonchev–Trinajstić information content (AvgIpc) is 1.30. The number of carbonyl (C=O) groups excluding carboxylic acids is 4. The first-order valence-corrected chi connectivity index (χ1v) is 43.3. The van der Waals surface area contributed by atoms with E-state index in [1.165, 1.54) is 186 Å². The molecule has 0 aromatic rings. The summed E-state index contributed by atoms with van der Waals surface area (Å²) in [7, 11) is -9.93. The highest BCUT2D eigenvalue weighted by Gasteiger charge is 2.30. The molecule has 0 aliphatic heterocycles. The molecule has 0 saturated carbocycles. The predicted molar refractivity (Wildman–Crippen MR) is 400 cm³/mol. The number of ether oxygens (including phenoxy) is 4. The zero-order valence-electron chi connectivity index (χ0n) is 63.6. The monoisotopic (exact) mass is 1430 g/mol. The van der Waals surface area contributed by atoms with Crippen LogP contribution in [0.4, 0.5) is 0 Å². The number of aliphatic hydroxyl groups is 1. The summed E-state index contributed by atoms with van der Waals surface area (Å²) in [5.41, 5.74) is 0.